The van der Waals surface area contributed by atoms with Crippen molar-refractivity contribution >= 4 is 17.5 Å². The van der Waals surface area contributed by atoms with Crippen LogP contribution in [0.15, 0.2) is 48.5 Å². The zero-order valence-electron chi connectivity index (χ0n) is 14.4. The monoisotopic (exact) mass is 363 g/mol. The Morgan fingerprint density at radius 2 is 1.72 bits per heavy atom. The molecule has 0 radical (unpaired) electrons. The third kappa shape index (κ3) is 6.29. The van der Waals surface area contributed by atoms with E-state index in [4.69, 9.17) is 25.8 Å². The normalized spacial score (nSPS) is 10.4. The number of carbonyl (C=O) groups excluding carboxylic acids is 1. The molecule has 0 saturated heterocycles. The number of halogens is 1. The Morgan fingerprint density at radius 3 is 2.44 bits per heavy atom. The van der Waals surface area contributed by atoms with Crippen LogP contribution in [0.2, 0.25) is 5.02 Å². The minimum atomic E-state index is -0.0862. The van der Waals surface area contributed by atoms with E-state index in [0.29, 0.717) is 42.7 Å². The van der Waals surface area contributed by atoms with Crippen molar-refractivity contribution in [2.24, 2.45) is 0 Å². The molecule has 0 fully saturated rings. The molecule has 0 aliphatic carbocycles. The summed E-state index contributed by atoms with van der Waals surface area (Å²) in [5.74, 6) is 1.28. The van der Waals surface area contributed by atoms with Gasteiger partial charge >= 0.3 is 0 Å². The zero-order chi connectivity index (χ0) is 18.1. The van der Waals surface area contributed by atoms with Crippen LogP contribution in [0, 0.1) is 0 Å². The average molecular weight is 364 g/mol. The molecule has 1 amide bonds. The van der Waals surface area contributed by atoms with Crippen molar-refractivity contribution in [1.82, 2.24) is 4.90 Å². The van der Waals surface area contributed by atoms with Crippen molar-refractivity contribution in [3.63, 3.8) is 0 Å². The van der Waals surface area contributed by atoms with Crippen LogP contribution in [0.3, 0.4) is 0 Å². The van der Waals surface area contributed by atoms with E-state index in [-0.39, 0.29) is 5.91 Å². The molecular formula is C19H22ClNO4. The highest BCUT2D eigenvalue weighted by atomic mass is 35.5. The van der Waals surface area contributed by atoms with Gasteiger partial charge in [-0.15, -0.1) is 0 Å². The molecule has 25 heavy (non-hydrogen) atoms. The predicted molar refractivity (Wildman–Crippen MR) is 97.7 cm³/mol. The Balaban J connectivity index is 1.84. The lowest BCUT2D eigenvalue weighted by molar-refractivity contribution is 0.0773. The van der Waals surface area contributed by atoms with Gasteiger partial charge in [0.15, 0.2) is 0 Å². The molecule has 0 bridgehead atoms. The molecular weight excluding hydrogens is 342 g/mol. The van der Waals surface area contributed by atoms with Gasteiger partial charge in [-0.05, 0) is 42.5 Å². The minimum Gasteiger partial charge on any atom is -0.492 e. The molecule has 0 N–H and O–H groups in total. The van der Waals surface area contributed by atoms with Crippen LogP contribution in [0.25, 0.3) is 0 Å². The third-order valence-corrected chi connectivity index (χ3v) is 3.74. The maximum absolute atomic E-state index is 12.5. The third-order valence-electron chi connectivity index (χ3n) is 3.49. The Morgan fingerprint density at radius 1 is 1.00 bits per heavy atom. The van der Waals surface area contributed by atoms with E-state index in [9.17, 15) is 4.79 Å². The van der Waals surface area contributed by atoms with Gasteiger partial charge in [0.05, 0.1) is 13.2 Å². The Hall–Kier alpha value is -2.24. The van der Waals surface area contributed by atoms with Crippen LogP contribution in [0.1, 0.15) is 10.4 Å². The number of hydrogen-bond acceptors (Lipinski definition) is 4. The maximum Gasteiger partial charge on any atom is 0.253 e. The Bertz CT molecular complexity index is 675. The second kappa shape index (κ2) is 9.91. The number of rotatable bonds is 9. The average Bonchev–Trinajstić information content (AvgIpc) is 2.63. The van der Waals surface area contributed by atoms with Crippen molar-refractivity contribution in [3.8, 4) is 11.5 Å². The predicted octanol–water partition coefficient (Wildman–Crippen LogP) is 3.52. The van der Waals surface area contributed by atoms with Gasteiger partial charge in [0.1, 0.15) is 24.7 Å². The summed E-state index contributed by atoms with van der Waals surface area (Å²) in [6.45, 7) is 1.81. The molecule has 0 saturated carbocycles. The summed E-state index contributed by atoms with van der Waals surface area (Å²) in [4.78, 5) is 14.1. The summed E-state index contributed by atoms with van der Waals surface area (Å²) in [5.41, 5.74) is 0.573. The summed E-state index contributed by atoms with van der Waals surface area (Å²) in [6.07, 6.45) is 0. The summed E-state index contributed by atoms with van der Waals surface area (Å²) < 4.78 is 16.1. The van der Waals surface area contributed by atoms with Crippen LogP contribution < -0.4 is 9.47 Å². The molecule has 2 aromatic carbocycles. The van der Waals surface area contributed by atoms with Gasteiger partial charge in [-0.1, -0.05) is 17.7 Å². The van der Waals surface area contributed by atoms with Crippen molar-refractivity contribution in [2.75, 3.05) is 40.5 Å². The van der Waals surface area contributed by atoms with Crippen molar-refractivity contribution in [3.05, 3.63) is 59.1 Å². The highest BCUT2D eigenvalue weighted by Crippen LogP contribution is 2.16. The fraction of sp³-hybridized carbons (Fsp3) is 0.316. The molecule has 0 heterocycles. The van der Waals surface area contributed by atoms with Gasteiger partial charge in [0.2, 0.25) is 0 Å². The molecule has 0 atom stereocenters. The number of amides is 1. The lowest BCUT2D eigenvalue weighted by Gasteiger charge is -2.18. The molecule has 134 valence electrons. The van der Waals surface area contributed by atoms with Gasteiger partial charge in [0, 0.05) is 24.7 Å². The Labute approximate surface area is 153 Å². The molecule has 2 rings (SSSR count). The quantitative estimate of drug-likeness (QED) is 0.640. The number of carbonyl (C=O) groups is 1. The molecule has 0 unspecified atom stereocenters. The van der Waals surface area contributed by atoms with Crippen molar-refractivity contribution in [1.29, 1.82) is 0 Å². The van der Waals surface area contributed by atoms with E-state index in [0.717, 1.165) is 5.75 Å². The number of likely N-dealkylation sites (N-methyl/N-ethyl adjacent to an activating group) is 1. The molecule has 0 aliphatic rings. The van der Waals surface area contributed by atoms with Gasteiger partial charge < -0.3 is 19.1 Å². The molecule has 0 aromatic heterocycles. The summed E-state index contributed by atoms with van der Waals surface area (Å²) in [5, 5.41) is 0.659. The minimum absolute atomic E-state index is 0.0862. The van der Waals surface area contributed by atoms with Crippen LogP contribution in [-0.4, -0.2) is 51.3 Å². The summed E-state index contributed by atoms with van der Waals surface area (Å²) >= 11 is 5.83. The first-order valence-corrected chi connectivity index (χ1v) is 8.33. The molecule has 0 aliphatic heterocycles. The smallest absolute Gasteiger partial charge is 0.253 e. The first-order valence-electron chi connectivity index (χ1n) is 7.96. The van der Waals surface area contributed by atoms with E-state index in [1.54, 1.807) is 61.5 Å². The highest BCUT2D eigenvalue weighted by Gasteiger charge is 2.12. The standard InChI is InChI=1S/C19H22ClNO4/c1-21(10-11-24-17-8-6-16(20)7-9-17)19(22)15-4-3-5-18(14-15)25-13-12-23-2/h3-9,14H,10-13H2,1-2H3. The van der Waals surface area contributed by atoms with Gasteiger partial charge in [-0.25, -0.2) is 0 Å². The van der Waals surface area contributed by atoms with Crippen molar-refractivity contribution < 1.29 is 19.0 Å². The van der Waals surface area contributed by atoms with Gasteiger partial charge in [-0.3, -0.25) is 4.79 Å². The number of hydrogen-bond donors (Lipinski definition) is 0. The fourth-order valence-electron chi connectivity index (χ4n) is 2.11. The van der Waals surface area contributed by atoms with E-state index in [1.807, 2.05) is 6.07 Å². The topological polar surface area (TPSA) is 48.0 Å². The molecule has 2 aromatic rings. The van der Waals surface area contributed by atoms with E-state index in [1.165, 1.54) is 0 Å². The first kappa shape index (κ1) is 19.1. The van der Waals surface area contributed by atoms with Crippen molar-refractivity contribution in [2.45, 2.75) is 0 Å². The Kier molecular flexibility index (Phi) is 7.57. The maximum atomic E-state index is 12.5. The highest BCUT2D eigenvalue weighted by molar-refractivity contribution is 6.30. The van der Waals surface area contributed by atoms with Crippen LogP contribution in [-0.2, 0) is 4.74 Å². The van der Waals surface area contributed by atoms with Gasteiger partial charge in [0.25, 0.3) is 5.91 Å². The summed E-state index contributed by atoms with van der Waals surface area (Å²) in [7, 11) is 3.36. The van der Waals surface area contributed by atoms with E-state index < -0.39 is 0 Å². The van der Waals surface area contributed by atoms with Crippen LogP contribution >= 0.6 is 11.6 Å². The second-order valence-electron chi connectivity index (χ2n) is 5.40. The second-order valence-corrected chi connectivity index (χ2v) is 5.83. The van der Waals surface area contributed by atoms with Gasteiger partial charge in [-0.2, -0.15) is 0 Å². The lowest BCUT2D eigenvalue weighted by Crippen LogP contribution is -2.30. The number of benzene rings is 2. The largest absolute Gasteiger partial charge is 0.492 e. The van der Waals surface area contributed by atoms with E-state index >= 15 is 0 Å². The van der Waals surface area contributed by atoms with E-state index in [2.05, 4.69) is 0 Å². The summed E-state index contributed by atoms with van der Waals surface area (Å²) in [6, 6.07) is 14.2. The molecule has 5 nitrogen and oxygen atoms in total. The number of ether oxygens (including phenoxy) is 3. The van der Waals surface area contributed by atoms with Crippen LogP contribution in [0.5, 0.6) is 11.5 Å². The fourth-order valence-corrected chi connectivity index (χ4v) is 2.24. The molecule has 0 spiro atoms. The first-order chi connectivity index (χ1) is 12.1. The number of methoxy groups -OCH3 is 1. The number of nitrogens with zero attached hydrogens (tertiary/aromatic N) is 1. The zero-order valence-corrected chi connectivity index (χ0v) is 15.2. The molecule has 6 heteroatoms. The van der Waals surface area contributed by atoms with Crippen LogP contribution in [0.4, 0.5) is 0 Å². The lowest BCUT2D eigenvalue weighted by atomic mass is 10.2. The SMILES string of the molecule is COCCOc1cccc(C(=O)N(C)CCOc2ccc(Cl)cc2)c1.